The van der Waals surface area contributed by atoms with Crippen LogP contribution in [0.15, 0.2) is 40.7 Å². The Balaban J connectivity index is 0.00000200. The van der Waals surface area contributed by atoms with Gasteiger partial charge in [0.25, 0.3) is 10.0 Å². The molecule has 1 unspecified atom stereocenters. The molecular weight excluding hydrogens is 318 g/mol. The second kappa shape index (κ2) is 7.14. The monoisotopic (exact) mass is 333 g/mol. The Morgan fingerprint density at radius 2 is 2.00 bits per heavy atom. The average Bonchev–Trinajstić information content (AvgIpc) is 2.85. The lowest BCUT2D eigenvalue weighted by Crippen LogP contribution is -2.31. The predicted molar refractivity (Wildman–Crippen MR) is 82.7 cm³/mol. The van der Waals surface area contributed by atoms with Crippen LogP contribution in [0.1, 0.15) is 16.6 Å². The number of benzene rings is 1. The first-order chi connectivity index (χ1) is 8.99. The molecule has 0 aliphatic rings. The van der Waals surface area contributed by atoms with Gasteiger partial charge in [-0.1, -0.05) is 30.3 Å². The van der Waals surface area contributed by atoms with E-state index >= 15 is 0 Å². The van der Waals surface area contributed by atoms with E-state index in [1.165, 1.54) is 6.20 Å². The molecular formula is C12H16ClN3O2S2. The molecule has 3 N–H and O–H groups in total. The molecule has 0 bridgehead atoms. The van der Waals surface area contributed by atoms with E-state index in [4.69, 9.17) is 5.73 Å². The maximum atomic E-state index is 12.0. The van der Waals surface area contributed by atoms with Gasteiger partial charge in [-0.2, -0.15) is 0 Å². The molecule has 1 aromatic carbocycles. The molecule has 20 heavy (non-hydrogen) atoms. The number of hydrogen-bond donors (Lipinski definition) is 2. The van der Waals surface area contributed by atoms with Crippen molar-refractivity contribution in [2.45, 2.75) is 17.2 Å². The summed E-state index contributed by atoms with van der Waals surface area (Å²) in [5.74, 6) is 0. The number of hydrogen-bond acceptors (Lipinski definition) is 5. The number of nitrogens with one attached hydrogen (secondary N) is 1. The van der Waals surface area contributed by atoms with Crippen LogP contribution in [0.4, 0.5) is 0 Å². The highest BCUT2D eigenvalue weighted by molar-refractivity contribution is 7.91. The Hall–Kier alpha value is -0.990. The second-order valence-electron chi connectivity index (χ2n) is 4.07. The van der Waals surface area contributed by atoms with Gasteiger partial charge in [-0.15, -0.1) is 23.7 Å². The maximum Gasteiger partial charge on any atom is 0.251 e. The van der Waals surface area contributed by atoms with E-state index in [1.54, 1.807) is 6.92 Å². The van der Waals surface area contributed by atoms with E-state index < -0.39 is 10.0 Å². The van der Waals surface area contributed by atoms with E-state index in [1.807, 2.05) is 30.3 Å². The van der Waals surface area contributed by atoms with Crippen LogP contribution < -0.4 is 10.5 Å². The van der Waals surface area contributed by atoms with Crippen LogP contribution in [0.3, 0.4) is 0 Å². The lowest BCUT2D eigenvalue weighted by atomic mass is 10.1. The van der Waals surface area contributed by atoms with E-state index in [9.17, 15) is 8.42 Å². The number of rotatable bonds is 5. The van der Waals surface area contributed by atoms with Crippen molar-refractivity contribution in [3.05, 3.63) is 47.1 Å². The zero-order valence-corrected chi connectivity index (χ0v) is 13.3. The van der Waals surface area contributed by atoms with Gasteiger partial charge in [0.1, 0.15) is 0 Å². The first-order valence-corrected chi connectivity index (χ1v) is 8.01. The molecule has 0 aliphatic carbocycles. The van der Waals surface area contributed by atoms with E-state index in [0.29, 0.717) is 5.01 Å². The second-order valence-corrected chi connectivity index (χ2v) is 7.30. The Morgan fingerprint density at radius 3 is 2.55 bits per heavy atom. The van der Waals surface area contributed by atoms with Gasteiger partial charge in [0.2, 0.25) is 0 Å². The molecule has 0 aliphatic heterocycles. The number of nitrogens with zero attached hydrogens (tertiary/aromatic N) is 1. The number of halogens is 1. The van der Waals surface area contributed by atoms with Crippen LogP contribution in [0, 0.1) is 6.92 Å². The van der Waals surface area contributed by atoms with Crippen molar-refractivity contribution in [1.29, 1.82) is 0 Å². The normalized spacial score (nSPS) is 12.7. The van der Waals surface area contributed by atoms with Crippen LogP contribution in [-0.4, -0.2) is 19.9 Å². The Morgan fingerprint density at radius 1 is 1.35 bits per heavy atom. The van der Waals surface area contributed by atoms with Gasteiger partial charge >= 0.3 is 0 Å². The van der Waals surface area contributed by atoms with Gasteiger partial charge in [-0.05, 0) is 12.5 Å². The van der Waals surface area contributed by atoms with Gasteiger partial charge in [0.15, 0.2) is 4.21 Å². The number of aromatic nitrogens is 1. The fourth-order valence-corrected chi connectivity index (χ4v) is 3.77. The van der Waals surface area contributed by atoms with Crippen molar-refractivity contribution in [3.63, 3.8) is 0 Å². The largest absolute Gasteiger partial charge is 0.323 e. The van der Waals surface area contributed by atoms with Gasteiger partial charge in [-0.25, -0.2) is 18.1 Å². The van der Waals surface area contributed by atoms with Crippen molar-refractivity contribution in [1.82, 2.24) is 9.71 Å². The molecule has 8 heteroatoms. The van der Waals surface area contributed by atoms with Crippen LogP contribution in [0.2, 0.25) is 0 Å². The molecule has 0 saturated carbocycles. The van der Waals surface area contributed by atoms with Crippen LogP contribution >= 0.6 is 23.7 Å². The van der Waals surface area contributed by atoms with E-state index in [2.05, 4.69) is 9.71 Å². The minimum atomic E-state index is -3.52. The highest BCUT2D eigenvalue weighted by Gasteiger charge is 2.18. The topological polar surface area (TPSA) is 85.1 Å². The third-order valence-corrected chi connectivity index (χ3v) is 5.38. The van der Waals surface area contributed by atoms with Crippen LogP contribution in [0.5, 0.6) is 0 Å². The molecule has 1 heterocycles. The molecule has 0 fully saturated rings. The molecule has 2 aromatic rings. The van der Waals surface area contributed by atoms with Crippen molar-refractivity contribution in [3.8, 4) is 0 Å². The Bertz CT molecular complexity index is 644. The van der Waals surface area contributed by atoms with Gasteiger partial charge < -0.3 is 5.73 Å². The molecule has 0 amide bonds. The minimum absolute atomic E-state index is 0. The molecule has 5 nitrogen and oxygen atoms in total. The summed E-state index contributed by atoms with van der Waals surface area (Å²) in [5, 5.41) is 0.715. The Labute approximate surface area is 128 Å². The molecule has 110 valence electrons. The fourth-order valence-electron chi connectivity index (χ4n) is 1.55. The fraction of sp³-hybridized carbons (Fsp3) is 0.250. The van der Waals surface area contributed by atoms with Crippen LogP contribution in [-0.2, 0) is 10.0 Å². The summed E-state index contributed by atoms with van der Waals surface area (Å²) in [5.41, 5.74) is 6.84. The lowest BCUT2D eigenvalue weighted by Gasteiger charge is -2.12. The van der Waals surface area contributed by atoms with Gasteiger partial charge in [-0.3, -0.25) is 0 Å². The van der Waals surface area contributed by atoms with Crippen molar-refractivity contribution >= 4 is 33.8 Å². The summed E-state index contributed by atoms with van der Waals surface area (Å²) >= 11 is 1.14. The van der Waals surface area contributed by atoms with Crippen molar-refractivity contribution in [2.24, 2.45) is 5.73 Å². The van der Waals surface area contributed by atoms with Gasteiger partial charge in [0.05, 0.1) is 11.2 Å². The quantitative estimate of drug-likeness (QED) is 0.874. The van der Waals surface area contributed by atoms with Gasteiger partial charge in [0, 0.05) is 12.6 Å². The number of sulfonamides is 1. The molecule has 0 saturated heterocycles. The smallest absolute Gasteiger partial charge is 0.251 e. The summed E-state index contributed by atoms with van der Waals surface area (Å²) in [6.45, 7) is 1.92. The number of nitrogens with two attached hydrogens (primary N) is 1. The summed E-state index contributed by atoms with van der Waals surface area (Å²) in [6, 6.07) is 9.00. The standard InChI is InChI=1S/C12H15N3O2S2.ClH/c1-9-14-8-12(18-9)19(16,17)15-7-11(13)10-5-3-2-4-6-10;/h2-6,8,11,15H,7,13H2,1H3;1H. The summed E-state index contributed by atoms with van der Waals surface area (Å²) in [4.78, 5) is 3.94. The first-order valence-electron chi connectivity index (χ1n) is 5.71. The molecule has 1 atom stereocenters. The predicted octanol–water partition coefficient (Wildman–Crippen LogP) is 1.85. The third kappa shape index (κ3) is 4.26. The Kier molecular flexibility index (Phi) is 6.09. The highest BCUT2D eigenvalue weighted by atomic mass is 35.5. The number of aryl methyl sites for hydroxylation is 1. The molecule has 0 radical (unpaired) electrons. The molecule has 1 aromatic heterocycles. The molecule has 0 spiro atoms. The van der Waals surface area contributed by atoms with Crippen molar-refractivity contribution < 1.29 is 8.42 Å². The van der Waals surface area contributed by atoms with Crippen molar-refractivity contribution in [2.75, 3.05) is 6.54 Å². The minimum Gasteiger partial charge on any atom is -0.323 e. The lowest BCUT2D eigenvalue weighted by molar-refractivity contribution is 0.574. The van der Waals surface area contributed by atoms with E-state index in [0.717, 1.165) is 16.9 Å². The average molecular weight is 334 g/mol. The maximum absolute atomic E-state index is 12.0. The zero-order valence-electron chi connectivity index (χ0n) is 10.8. The SMILES string of the molecule is Cc1ncc(S(=O)(=O)NCC(N)c2ccccc2)s1.Cl. The summed E-state index contributed by atoms with van der Waals surface area (Å²) in [6.07, 6.45) is 1.36. The van der Waals surface area contributed by atoms with E-state index in [-0.39, 0.29) is 29.2 Å². The number of thiazole rings is 1. The van der Waals surface area contributed by atoms with Crippen LogP contribution in [0.25, 0.3) is 0 Å². The third-order valence-electron chi connectivity index (χ3n) is 2.59. The highest BCUT2D eigenvalue weighted by Crippen LogP contribution is 2.18. The molecule has 2 rings (SSSR count). The first kappa shape index (κ1) is 17.1. The summed E-state index contributed by atoms with van der Waals surface area (Å²) < 4.78 is 26.7. The summed E-state index contributed by atoms with van der Waals surface area (Å²) in [7, 11) is -3.52. The zero-order chi connectivity index (χ0) is 13.9.